The molecular formula is C18H22N2O4S. The largest absolute Gasteiger partial charge is 0.497 e. The molecule has 7 heteroatoms. The molecule has 0 saturated carbocycles. The van der Waals surface area contributed by atoms with E-state index in [-0.39, 0.29) is 10.8 Å². The van der Waals surface area contributed by atoms with Crippen LogP contribution in [0.5, 0.6) is 5.75 Å². The third kappa shape index (κ3) is 5.88. The lowest BCUT2D eigenvalue weighted by Gasteiger charge is -2.08. The van der Waals surface area contributed by atoms with E-state index in [1.165, 1.54) is 19.1 Å². The lowest BCUT2D eigenvalue weighted by molar-refractivity contribution is -0.114. The summed E-state index contributed by atoms with van der Waals surface area (Å²) in [5, 5.41) is 2.60. The van der Waals surface area contributed by atoms with Crippen molar-refractivity contribution >= 4 is 21.6 Å². The van der Waals surface area contributed by atoms with Gasteiger partial charge >= 0.3 is 0 Å². The fourth-order valence-corrected chi connectivity index (χ4v) is 3.37. The average Bonchev–Trinajstić information content (AvgIpc) is 2.59. The molecule has 0 radical (unpaired) electrons. The molecule has 2 aromatic rings. The van der Waals surface area contributed by atoms with Gasteiger partial charge in [0.2, 0.25) is 15.9 Å². The van der Waals surface area contributed by atoms with E-state index < -0.39 is 10.0 Å². The molecule has 0 aromatic heterocycles. The second kappa shape index (κ2) is 8.64. The van der Waals surface area contributed by atoms with E-state index in [9.17, 15) is 13.2 Å². The van der Waals surface area contributed by atoms with Crippen LogP contribution >= 0.6 is 0 Å². The van der Waals surface area contributed by atoms with E-state index in [4.69, 9.17) is 4.74 Å². The van der Waals surface area contributed by atoms with Crippen LogP contribution in [0.25, 0.3) is 0 Å². The fraction of sp³-hybridized carbons (Fsp3) is 0.278. The van der Waals surface area contributed by atoms with Crippen molar-refractivity contribution in [2.24, 2.45) is 0 Å². The molecule has 0 aliphatic carbocycles. The van der Waals surface area contributed by atoms with Crippen LogP contribution in [0.15, 0.2) is 53.4 Å². The molecule has 0 aliphatic rings. The van der Waals surface area contributed by atoms with E-state index in [1.807, 2.05) is 24.3 Å². The Balaban J connectivity index is 1.85. The third-order valence-electron chi connectivity index (χ3n) is 3.58. The standard InChI is InChI=1S/C18H22N2O4S/c1-14(21)20-16-7-11-18(12-8-16)25(22,23)19-13-3-4-15-5-9-17(24-2)10-6-15/h5-12,19H,3-4,13H2,1-2H3,(H,20,21). The highest BCUT2D eigenvalue weighted by atomic mass is 32.2. The van der Waals surface area contributed by atoms with Gasteiger partial charge in [-0.3, -0.25) is 4.79 Å². The average molecular weight is 362 g/mol. The molecule has 0 spiro atoms. The third-order valence-corrected chi connectivity index (χ3v) is 5.06. The molecule has 0 unspecified atom stereocenters. The SMILES string of the molecule is COc1ccc(CCCNS(=O)(=O)c2ccc(NC(C)=O)cc2)cc1. The van der Waals surface area contributed by atoms with Crippen LogP contribution in [0.3, 0.4) is 0 Å². The molecule has 0 bridgehead atoms. The number of rotatable bonds is 8. The van der Waals surface area contributed by atoms with E-state index in [0.717, 1.165) is 17.7 Å². The minimum absolute atomic E-state index is 0.172. The summed E-state index contributed by atoms with van der Waals surface area (Å²) >= 11 is 0. The maximum Gasteiger partial charge on any atom is 0.240 e. The predicted molar refractivity (Wildman–Crippen MR) is 97.2 cm³/mol. The first-order valence-electron chi connectivity index (χ1n) is 7.91. The van der Waals surface area contributed by atoms with Crippen LogP contribution in [-0.4, -0.2) is 28.0 Å². The Labute approximate surface area is 148 Å². The quantitative estimate of drug-likeness (QED) is 0.707. The zero-order chi connectivity index (χ0) is 18.3. The van der Waals surface area contributed by atoms with Crippen molar-refractivity contribution in [1.82, 2.24) is 4.72 Å². The normalized spacial score (nSPS) is 11.1. The fourth-order valence-electron chi connectivity index (χ4n) is 2.30. The zero-order valence-corrected chi connectivity index (χ0v) is 15.1. The molecule has 2 rings (SSSR count). The molecule has 2 aromatic carbocycles. The topological polar surface area (TPSA) is 84.5 Å². The van der Waals surface area contributed by atoms with E-state index in [0.29, 0.717) is 18.7 Å². The summed E-state index contributed by atoms with van der Waals surface area (Å²) in [6.07, 6.45) is 1.46. The zero-order valence-electron chi connectivity index (χ0n) is 14.3. The molecular weight excluding hydrogens is 340 g/mol. The second-order valence-corrected chi connectivity index (χ2v) is 7.32. The van der Waals surface area contributed by atoms with Gasteiger partial charge in [-0.25, -0.2) is 13.1 Å². The molecule has 0 atom stereocenters. The number of benzene rings is 2. The van der Waals surface area contributed by atoms with E-state index in [2.05, 4.69) is 10.0 Å². The minimum atomic E-state index is -3.55. The highest BCUT2D eigenvalue weighted by Crippen LogP contribution is 2.15. The Bertz CT molecular complexity index is 800. The van der Waals surface area contributed by atoms with Crippen LogP contribution in [0.2, 0.25) is 0 Å². The van der Waals surface area contributed by atoms with Crippen molar-refractivity contribution in [2.75, 3.05) is 19.0 Å². The van der Waals surface area contributed by atoms with E-state index in [1.54, 1.807) is 19.2 Å². The molecule has 0 fully saturated rings. The number of nitrogens with one attached hydrogen (secondary N) is 2. The number of methoxy groups -OCH3 is 1. The van der Waals surface area contributed by atoms with Gasteiger partial charge in [0.05, 0.1) is 12.0 Å². The van der Waals surface area contributed by atoms with Gasteiger partial charge in [-0.15, -0.1) is 0 Å². The van der Waals surface area contributed by atoms with Crippen molar-refractivity contribution in [3.05, 3.63) is 54.1 Å². The summed E-state index contributed by atoms with van der Waals surface area (Å²) in [7, 11) is -1.94. The molecule has 25 heavy (non-hydrogen) atoms. The van der Waals surface area contributed by atoms with Gasteiger partial charge in [0.1, 0.15) is 5.75 Å². The molecule has 1 amide bonds. The minimum Gasteiger partial charge on any atom is -0.497 e. The van der Waals surface area contributed by atoms with Gasteiger partial charge in [-0.05, 0) is 54.8 Å². The smallest absolute Gasteiger partial charge is 0.240 e. The summed E-state index contributed by atoms with van der Waals surface area (Å²) in [5.41, 5.74) is 1.69. The van der Waals surface area contributed by atoms with Crippen molar-refractivity contribution in [3.63, 3.8) is 0 Å². The van der Waals surface area contributed by atoms with Crippen LogP contribution in [0, 0.1) is 0 Å². The first-order chi connectivity index (χ1) is 11.9. The number of sulfonamides is 1. The molecule has 0 aliphatic heterocycles. The molecule has 134 valence electrons. The van der Waals surface area contributed by atoms with Gasteiger partial charge in [0.15, 0.2) is 0 Å². The summed E-state index contributed by atoms with van der Waals surface area (Å²) < 4.78 is 32.2. The molecule has 6 nitrogen and oxygen atoms in total. The molecule has 0 heterocycles. The maximum atomic E-state index is 12.2. The van der Waals surface area contributed by atoms with Crippen LogP contribution in [0.4, 0.5) is 5.69 Å². The maximum absolute atomic E-state index is 12.2. The number of hydrogen-bond acceptors (Lipinski definition) is 4. The van der Waals surface area contributed by atoms with Gasteiger partial charge < -0.3 is 10.1 Å². The highest BCUT2D eigenvalue weighted by molar-refractivity contribution is 7.89. The monoisotopic (exact) mass is 362 g/mol. The van der Waals surface area contributed by atoms with Crippen LogP contribution in [0.1, 0.15) is 18.9 Å². The first-order valence-corrected chi connectivity index (χ1v) is 9.39. The van der Waals surface area contributed by atoms with Crippen molar-refractivity contribution < 1.29 is 17.9 Å². The van der Waals surface area contributed by atoms with Crippen molar-refractivity contribution in [1.29, 1.82) is 0 Å². The Morgan fingerprint density at radius 1 is 1.04 bits per heavy atom. The van der Waals surface area contributed by atoms with Crippen molar-refractivity contribution in [2.45, 2.75) is 24.7 Å². The van der Waals surface area contributed by atoms with Gasteiger partial charge in [0.25, 0.3) is 0 Å². The van der Waals surface area contributed by atoms with Crippen molar-refractivity contribution in [3.8, 4) is 5.75 Å². The Morgan fingerprint density at radius 2 is 1.68 bits per heavy atom. The second-order valence-electron chi connectivity index (χ2n) is 5.55. The van der Waals surface area contributed by atoms with Crippen LogP contribution in [-0.2, 0) is 21.2 Å². The Morgan fingerprint density at radius 3 is 2.24 bits per heavy atom. The molecule has 0 saturated heterocycles. The Hall–Kier alpha value is -2.38. The first kappa shape index (κ1) is 19.0. The van der Waals surface area contributed by atoms with Gasteiger partial charge in [-0.1, -0.05) is 12.1 Å². The predicted octanol–water partition coefficient (Wildman–Crippen LogP) is 2.56. The number of carbonyl (C=O) groups is 1. The lowest BCUT2D eigenvalue weighted by Crippen LogP contribution is -2.25. The van der Waals surface area contributed by atoms with E-state index >= 15 is 0 Å². The van der Waals surface area contributed by atoms with Gasteiger partial charge in [-0.2, -0.15) is 0 Å². The van der Waals surface area contributed by atoms with Gasteiger partial charge in [0, 0.05) is 19.2 Å². The highest BCUT2D eigenvalue weighted by Gasteiger charge is 2.13. The molecule has 2 N–H and O–H groups in total. The number of anilines is 1. The summed E-state index contributed by atoms with van der Waals surface area (Å²) in [4.78, 5) is 11.1. The number of ether oxygens (including phenoxy) is 1. The summed E-state index contributed by atoms with van der Waals surface area (Å²) in [5.74, 6) is 0.597. The van der Waals surface area contributed by atoms with Crippen LogP contribution < -0.4 is 14.8 Å². The number of carbonyl (C=O) groups excluding carboxylic acids is 1. The number of aryl methyl sites for hydroxylation is 1. The summed E-state index contributed by atoms with van der Waals surface area (Å²) in [6, 6.07) is 13.8. The lowest BCUT2D eigenvalue weighted by atomic mass is 10.1. The Kier molecular flexibility index (Phi) is 6.55. The summed E-state index contributed by atoms with van der Waals surface area (Å²) in [6.45, 7) is 1.75. The number of hydrogen-bond donors (Lipinski definition) is 2. The number of amides is 1.